The number of hydrogen-bond donors (Lipinski definition) is 2. The number of hydrogen-bond acceptors (Lipinski definition) is 3. The minimum absolute atomic E-state index is 0.00685. The molecule has 1 aliphatic heterocycles. The van der Waals surface area contributed by atoms with Gasteiger partial charge in [-0.15, -0.1) is 11.3 Å². The van der Waals surface area contributed by atoms with Crippen molar-refractivity contribution in [3.8, 4) is 0 Å². The van der Waals surface area contributed by atoms with Crippen LogP contribution in [0.4, 0.5) is 0 Å². The number of amides is 1. The van der Waals surface area contributed by atoms with Crippen molar-refractivity contribution in [3.63, 3.8) is 0 Å². The van der Waals surface area contributed by atoms with Gasteiger partial charge in [-0.25, -0.2) is 0 Å². The van der Waals surface area contributed by atoms with E-state index in [2.05, 4.69) is 22.8 Å². The van der Waals surface area contributed by atoms with Crippen LogP contribution in [0.15, 0.2) is 35.7 Å². The molecule has 7 heteroatoms. The average Bonchev–Trinajstić information content (AvgIpc) is 3.14. The molecule has 0 saturated carbocycles. The van der Waals surface area contributed by atoms with Gasteiger partial charge in [0.1, 0.15) is 19.1 Å². The summed E-state index contributed by atoms with van der Waals surface area (Å²) in [5.74, 6) is -0.00685. The fraction of sp³-hybridized carbons (Fsp3) is 0.389. The molecule has 2 N–H and O–H groups in total. The van der Waals surface area contributed by atoms with E-state index in [1.165, 1.54) is 9.78 Å². The Morgan fingerprint density at radius 3 is 2.72 bits per heavy atom. The molecule has 25 heavy (non-hydrogen) atoms. The highest BCUT2D eigenvalue weighted by Gasteiger charge is 2.27. The molecular formula is C18H21Cl2N2O2S+. The lowest BCUT2D eigenvalue weighted by Crippen LogP contribution is -3.15. The highest BCUT2D eigenvalue weighted by molar-refractivity contribution is 7.10. The number of morpholine rings is 1. The van der Waals surface area contributed by atoms with E-state index < -0.39 is 0 Å². The Hall–Kier alpha value is -1.11. The van der Waals surface area contributed by atoms with Crippen molar-refractivity contribution >= 4 is 40.4 Å². The van der Waals surface area contributed by atoms with Crippen molar-refractivity contribution in [3.05, 3.63) is 56.2 Å². The van der Waals surface area contributed by atoms with Crippen molar-refractivity contribution in [1.82, 2.24) is 5.32 Å². The molecule has 0 radical (unpaired) electrons. The lowest BCUT2D eigenvalue weighted by Gasteiger charge is -2.31. The molecule has 1 aromatic heterocycles. The molecule has 1 atom stereocenters. The third-order valence-electron chi connectivity index (χ3n) is 4.37. The van der Waals surface area contributed by atoms with Crippen LogP contribution in [0.5, 0.6) is 0 Å². The van der Waals surface area contributed by atoms with Gasteiger partial charge in [0.25, 0.3) is 0 Å². The number of halogens is 2. The van der Waals surface area contributed by atoms with Crippen LogP contribution < -0.4 is 10.2 Å². The number of ether oxygens (including phenoxy) is 1. The zero-order valence-electron chi connectivity index (χ0n) is 13.8. The van der Waals surface area contributed by atoms with E-state index in [0.717, 1.165) is 31.9 Å². The van der Waals surface area contributed by atoms with Gasteiger partial charge in [0.15, 0.2) is 0 Å². The molecule has 0 spiro atoms. The summed E-state index contributed by atoms with van der Waals surface area (Å²) in [5, 5.41) is 6.14. The SMILES string of the molecule is O=C(Cc1ccc(Cl)c(Cl)c1)NC[C@@H](c1cccs1)[NH+]1CCOCC1. The Balaban J connectivity index is 1.60. The third-order valence-corrected chi connectivity index (χ3v) is 6.09. The maximum Gasteiger partial charge on any atom is 0.224 e. The first-order valence-electron chi connectivity index (χ1n) is 8.30. The summed E-state index contributed by atoms with van der Waals surface area (Å²) in [6, 6.07) is 9.76. The average molecular weight is 400 g/mol. The van der Waals surface area contributed by atoms with Crippen LogP contribution >= 0.6 is 34.5 Å². The second kappa shape index (κ2) is 9.01. The Bertz CT molecular complexity index is 703. The van der Waals surface area contributed by atoms with Crippen molar-refractivity contribution in [2.75, 3.05) is 32.8 Å². The van der Waals surface area contributed by atoms with Gasteiger partial charge in [-0.05, 0) is 29.1 Å². The van der Waals surface area contributed by atoms with E-state index in [-0.39, 0.29) is 11.9 Å². The molecule has 1 aliphatic rings. The lowest BCUT2D eigenvalue weighted by atomic mass is 10.1. The minimum Gasteiger partial charge on any atom is -0.370 e. The van der Waals surface area contributed by atoms with Gasteiger partial charge in [0.2, 0.25) is 5.91 Å². The maximum atomic E-state index is 12.3. The monoisotopic (exact) mass is 399 g/mol. The van der Waals surface area contributed by atoms with Gasteiger partial charge in [-0.2, -0.15) is 0 Å². The van der Waals surface area contributed by atoms with Crippen LogP contribution in [0.1, 0.15) is 16.5 Å². The number of rotatable bonds is 6. The highest BCUT2D eigenvalue weighted by atomic mass is 35.5. The normalized spacial score (nSPS) is 16.6. The zero-order chi connectivity index (χ0) is 17.6. The number of carbonyl (C=O) groups is 1. The van der Waals surface area contributed by atoms with Crippen LogP contribution in [0, 0.1) is 0 Å². The van der Waals surface area contributed by atoms with E-state index in [1.54, 1.807) is 23.5 Å². The predicted octanol–water partition coefficient (Wildman–Crippen LogP) is 2.37. The minimum atomic E-state index is -0.00685. The summed E-state index contributed by atoms with van der Waals surface area (Å²) in [7, 11) is 0. The number of quaternary nitrogens is 1. The van der Waals surface area contributed by atoms with Gasteiger partial charge in [0.05, 0.1) is 41.1 Å². The van der Waals surface area contributed by atoms with E-state index in [0.29, 0.717) is 23.0 Å². The van der Waals surface area contributed by atoms with Crippen LogP contribution in [0.2, 0.25) is 10.0 Å². The summed E-state index contributed by atoms with van der Waals surface area (Å²) in [5.41, 5.74) is 0.860. The zero-order valence-corrected chi connectivity index (χ0v) is 16.1. The number of carbonyl (C=O) groups excluding carboxylic acids is 1. The molecule has 134 valence electrons. The summed E-state index contributed by atoms with van der Waals surface area (Å²) in [4.78, 5) is 15.1. The highest BCUT2D eigenvalue weighted by Crippen LogP contribution is 2.22. The molecule has 1 amide bonds. The summed E-state index contributed by atoms with van der Waals surface area (Å²) >= 11 is 13.7. The van der Waals surface area contributed by atoms with Crippen LogP contribution in [0.3, 0.4) is 0 Å². The van der Waals surface area contributed by atoms with Gasteiger partial charge < -0.3 is 15.0 Å². The molecule has 4 nitrogen and oxygen atoms in total. The summed E-state index contributed by atoms with van der Waals surface area (Å²) in [6.07, 6.45) is 0.298. The topological polar surface area (TPSA) is 42.8 Å². The molecule has 1 fully saturated rings. The second-order valence-electron chi connectivity index (χ2n) is 6.07. The number of benzene rings is 1. The first kappa shape index (κ1) is 18.7. The van der Waals surface area contributed by atoms with Crippen LogP contribution in [-0.4, -0.2) is 38.8 Å². The summed E-state index contributed by atoms with van der Waals surface area (Å²) in [6.45, 7) is 4.09. The molecule has 2 heterocycles. The number of nitrogens with one attached hydrogen (secondary N) is 2. The van der Waals surface area contributed by atoms with Gasteiger partial charge >= 0.3 is 0 Å². The van der Waals surface area contributed by atoms with Crippen LogP contribution in [0.25, 0.3) is 0 Å². The van der Waals surface area contributed by atoms with Gasteiger partial charge in [-0.3, -0.25) is 4.79 Å². The maximum absolute atomic E-state index is 12.3. The summed E-state index contributed by atoms with van der Waals surface area (Å²) < 4.78 is 5.46. The first-order valence-corrected chi connectivity index (χ1v) is 9.93. The molecule has 1 saturated heterocycles. The van der Waals surface area contributed by atoms with Crippen LogP contribution in [-0.2, 0) is 16.0 Å². The van der Waals surface area contributed by atoms with Gasteiger partial charge in [0, 0.05) is 0 Å². The standard InChI is InChI=1S/C18H20Cl2N2O2S/c19-14-4-3-13(10-15(14)20)11-18(23)21-12-16(17-2-1-9-25-17)22-5-7-24-8-6-22/h1-4,9-10,16H,5-8,11-12H2,(H,21,23)/p+1/t16-/m0/s1. The van der Waals surface area contributed by atoms with E-state index in [1.807, 2.05) is 6.07 Å². The molecule has 3 rings (SSSR count). The molecule has 0 unspecified atom stereocenters. The fourth-order valence-corrected chi connectivity index (χ4v) is 4.24. The van der Waals surface area contributed by atoms with E-state index >= 15 is 0 Å². The van der Waals surface area contributed by atoms with Crippen molar-refractivity contribution in [1.29, 1.82) is 0 Å². The van der Waals surface area contributed by atoms with Gasteiger partial charge in [-0.1, -0.05) is 35.3 Å². The smallest absolute Gasteiger partial charge is 0.224 e. The van der Waals surface area contributed by atoms with E-state index in [4.69, 9.17) is 27.9 Å². The Kier molecular flexibility index (Phi) is 6.73. The first-order chi connectivity index (χ1) is 12.1. The Morgan fingerprint density at radius 2 is 2.04 bits per heavy atom. The molecule has 1 aromatic carbocycles. The molecule has 2 aromatic rings. The second-order valence-corrected chi connectivity index (χ2v) is 7.86. The molecule has 0 bridgehead atoms. The quantitative estimate of drug-likeness (QED) is 0.782. The van der Waals surface area contributed by atoms with Crippen molar-refractivity contribution < 1.29 is 14.4 Å². The molecule has 0 aliphatic carbocycles. The van der Waals surface area contributed by atoms with Crippen molar-refractivity contribution in [2.45, 2.75) is 12.5 Å². The predicted molar refractivity (Wildman–Crippen MR) is 102 cm³/mol. The lowest BCUT2D eigenvalue weighted by molar-refractivity contribution is -0.937. The van der Waals surface area contributed by atoms with Crippen molar-refractivity contribution in [2.24, 2.45) is 0 Å². The number of thiophene rings is 1. The Labute approximate surface area is 161 Å². The van der Waals surface area contributed by atoms with E-state index in [9.17, 15) is 4.79 Å². The Morgan fingerprint density at radius 1 is 1.24 bits per heavy atom. The fourth-order valence-electron chi connectivity index (χ4n) is 3.03. The largest absolute Gasteiger partial charge is 0.370 e. The molecular weight excluding hydrogens is 379 g/mol. The third kappa shape index (κ3) is 5.19.